The van der Waals surface area contributed by atoms with Gasteiger partial charge in [0.05, 0.1) is 0 Å². The minimum Gasteiger partial charge on any atom is -0.368 e. The molecule has 2 aromatic rings. The smallest absolute Gasteiger partial charge is 0.239 e. The Morgan fingerprint density at radius 1 is 1.25 bits per heavy atom. The summed E-state index contributed by atoms with van der Waals surface area (Å²) in [6, 6.07) is 15.3. The molecule has 1 unspecified atom stereocenters. The standard InChI is InChI=1S/C16H17BrN2O/c1-11-9-13(7-8-14(11)17)15(16(18)20)19-10-12-5-3-2-4-6-12/h2-9,15,19H,10H2,1H3,(H2,18,20). The zero-order chi connectivity index (χ0) is 14.5. The van der Waals surface area contributed by atoms with Crippen molar-refractivity contribution in [2.75, 3.05) is 0 Å². The molecule has 2 aromatic carbocycles. The van der Waals surface area contributed by atoms with Gasteiger partial charge >= 0.3 is 0 Å². The molecule has 0 saturated heterocycles. The minimum absolute atomic E-state index is 0.373. The largest absolute Gasteiger partial charge is 0.368 e. The van der Waals surface area contributed by atoms with Gasteiger partial charge in [-0.3, -0.25) is 10.1 Å². The average molecular weight is 333 g/mol. The van der Waals surface area contributed by atoms with Crippen molar-refractivity contribution in [3.63, 3.8) is 0 Å². The van der Waals surface area contributed by atoms with Crippen LogP contribution >= 0.6 is 15.9 Å². The SMILES string of the molecule is Cc1cc(C(NCc2ccccc2)C(N)=O)ccc1Br. The first-order valence-electron chi connectivity index (χ1n) is 6.40. The molecule has 104 valence electrons. The third-order valence-corrected chi connectivity index (χ3v) is 4.04. The number of primary amides is 1. The van der Waals surface area contributed by atoms with Crippen LogP contribution in [-0.2, 0) is 11.3 Å². The van der Waals surface area contributed by atoms with Crippen LogP contribution in [0.1, 0.15) is 22.7 Å². The number of hydrogen-bond acceptors (Lipinski definition) is 2. The highest BCUT2D eigenvalue weighted by atomic mass is 79.9. The van der Waals surface area contributed by atoms with E-state index in [1.807, 2.05) is 55.5 Å². The Hall–Kier alpha value is -1.65. The van der Waals surface area contributed by atoms with E-state index in [9.17, 15) is 4.79 Å². The second-order valence-corrected chi connectivity index (χ2v) is 5.56. The van der Waals surface area contributed by atoms with Crippen molar-refractivity contribution >= 4 is 21.8 Å². The second kappa shape index (κ2) is 6.68. The third-order valence-electron chi connectivity index (χ3n) is 3.15. The fourth-order valence-electron chi connectivity index (χ4n) is 2.05. The van der Waals surface area contributed by atoms with Gasteiger partial charge in [0.15, 0.2) is 0 Å². The highest BCUT2D eigenvalue weighted by molar-refractivity contribution is 9.10. The fourth-order valence-corrected chi connectivity index (χ4v) is 2.29. The normalized spacial score (nSPS) is 12.1. The summed E-state index contributed by atoms with van der Waals surface area (Å²) >= 11 is 3.45. The number of nitrogens with two attached hydrogens (primary N) is 1. The molecule has 0 fully saturated rings. The van der Waals surface area contributed by atoms with Crippen LogP contribution in [-0.4, -0.2) is 5.91 Å². The second-order valence-electron chi connectivity index (χ2n) is 4.71. The Bertz CT molecular complexity index is 599. The number of nitrogens with one attached hydrogen (secondary N) is 1. The van der Waals surface area contributed by atoms with Gasteiger partial charge in [0.1, 0.15) is 6.04 Å². The van der Waals surface area contributed by atoms with Crippen molar-refractivity contribution in [3.05, 3.63) is 69.7 Å². The number of carbonyl (C=O) groups excluding carboxylic acids is 1. The summed E-state index contributed by atoms with van der Waals surface area (Å²) in [7, 11) is 0. The predicted molar refractivity (Wildman–Crippen MR) is 84.1 cm³/mol. The molecule has 0 aliphatic carbocycles. The van der Waals surface area contributed by atoms with Crippen LogP contribution in [0.25, 0.3) is 0 Å². The van der Waals surface area contributed by atoms with Crippen LogP contribution in [0, 0.1) is 6.92 Å². The molecule has 0 bridgehead atoms. The Kier molecular flexibility index (Phi) is 4.93. The summed E-state index contributed by atoms with van der Waals surface area (Å²) in [5, 5.41) is 3.21. The Labute approximate surface area is 127 Å². The quantitative estimate of drug-likeness (QED) is 0.884. The van der Waals surface area contributed by atoms with Gasteiger partial charge in [0.25, 0.3) is 0 Å². The molecular formula is C16H17BrN2O. The number of rotatable bonds is 5. The van der Waals surface area contributed by atoms with E-state index in [1.54, 1.807) is 0 Å². The number of hydrogen-bond donors (Lipinski definition) is 2. The van der Waals surface area contributed by atoms with Crippen molar-refractivity contribution in [2.24, 2.45) is 5.73 Å². The Balaban J connectivity index is 2.15. The van der Waals surface area contributed by atoms with Gasteiger partial charge in [0.2, 0.25) is 5.91 Å². The molecule has 20 heavy (non-hydrogen) atoms. The van der Waals surface area contributed by atoms with E-state index in [4.69, 9.17) is 5.73 Å². The topological polar surface area (TPSA) is 55.1 Å². The van der Waals surface area contributed by atoms with E-state index < -0.39 is 6.04 Å². The highest BCUT2D eigenvalue weighted by Crippen LogP contribution is 2.21. The van der Waals surface area contributed by atoms with E-state index in [0.717, 1.165) is 21.2 Å². The number of carbonyl (C=O) groups is 1. The minimum atomic E-state index is -0.484. The van der Waals surface area contributed by atoms with E-state index >= 15 is 0 Å². The van der Waals surface area contributed by atoms with Crippen molar-refractivity contribution in [3.8, 4) is 0 Å². The molecule has 1 atom stereocenters. The van der Waals surface area contributed by atoms with Gasteiger partial charge in [-0.2, -0.15) is 0 Å². The summed E-state index contributed by atoms with van der Waals surface area (Å²) < 4.78 is 1.02. The van der Waals surface area contributed by atoms with Crippen molar-refractivity contribution in [1.29, 1.82) is 0 Å². The van der Waals surface area contributed by atoms with Gasteiger partial charge in [-0.25, -0.2) is 0 Å². The molecule has 0 heterocycles. The highest BCUT2D eigenvalue weighted by Gasteiger charge is 2.17. The summed E-state index contributed by atoms with van der Waals surface area (Å²) in [4.78, 5) is 11.7. The zero-order valence-corrected chi connectivity index (χ0v) is 12.9. The summed E-state index contributed by atoms with van der Waals surface area (Å²) in [5.41, 5.74) is 8.59. The van der Waals surface area contributed by atoms with E-state index in [-0.39, 0.29) is 5.91 Å². The molecule has 0 spiro atoms. The summed E-state index contributed by atoms with van der Waals surface area (Å²) in [6.45, 7) is 2.59. The molecule has 0 aliphatic heterocycles. The molecule has 0 aliphatic rings. The van der Waals surface area contributed by atoms with Crippen molar-refractivity contribution < 1.29 is 4.79 Å². The summed E-state index contributed by atoms with van der Waals surface area (Å²) in [5.74, 6) is -0.373. The molecule has 0 aromatic heterocycles. The molecule has 0 saturated carbocycles. The molecule has 0 radical (unpaired) electrons. The molecule has 3 nitrogen and oxygen atoms in total. The Morgan fingerprint density at radius 3 is 2.55 bits per heavy atom. The Morgan fingerprint density at radius 2 is 1.95 bits per heavy atom. The van der Waals surface area contributed by atoms with Gasteiger partial charge in [-0.1, -0.05) is 58.4 Å². The van der Waals surface area contributed by atoms with Crippen LogP contribution in [0.15, 0.2) is 53.0 Å². The van der Waals surface area contributed by atoms with Crippen LogP contribution in [0.2, 0.25) is 0 Å². The van der Waals surface area contributed by atoms with Crippen LogP contribution in [0.3, 0.4) is 0 Å². The lowest BCUT2D eigenvalue weighted by molar-refractivity contribution is -0.120. The van der Waals surface area contributed by atoms with Crippen molar-refractivity contribution in [2.45, 2.75) is 19.5 Å². The lowest BCUT2D eigenvalue weighted by Gasteiger charge is -2.17. The van der Waals surface area contributed by atoms with Crippen LogP contribution < -0.4 is 11.1 Å². The zero-order valence-electron chi connectivity index (χ0n) is 11.3. The maximum Gasteiger partial charge on any atom is 0.239 e. The lowest BCUT2D eigenvalue weighted by atomic mass is 10.0. The van der Waals surface area contributed by atoms with Crippen LogP contribution in [0.5, 0.6) is 0 Å². The first kappa shape index (κ1) is 14.8. The maximum absolute atomic E-state index is 11.7. The number of amides is 1. The number of aryl methyl sites for hydroxylation is 1. The molecule has 3 N–H and O–H groups in total. The lowest BCUT2D eigenvalue weighted by Crippen LogP contribution is -2.33. The van der Waals surface area contributed by atoms with Gasteiger partial charge in [-0.05, 0) is 29.7 Å². The van der Waals surface area contributed by atoms with Crippen molar-refractivity contribution in [1.82, 2.24) is 5.32 Å². The maximum atomic E-state index is 11.7. The molecule has 2 rings (SSSR count). The fraction of sp³-hybridized carbons (Fsp3) is 0.188. The number of halogens is 1. The number of benzene rings is 2. The molecular weight excluding hydrogens is 316 g/mol. The van der Waals surface area contributed by atoms with E-state index in [1.165, 1.54) is 0 Å². The molecule has 1 amide bonds. The van der Waals surface area contributed by atoms with E-state index in [0.29, 0.717) is 6.54 Å². The molecule has 4 heteroatoms. The van der Waals surface area contributed by atoms with Gasteiger partial charge in [0, 0.05) is 11.0 Å². The average Bonchev–Trinajstić information content (AvgIpc) is 2.43. The summed E-state index contributed by atoms with van der Waals surface area (Å²) in [6.07, 6.45) is 0. The first-order valence-corrected chi connectivity index (χ1v) is 7.20. The van der Waals surface area contributed by atoms with Gasteiger partial charge in [-0.15, -0.1) is 0 Å². The van der Waals surface area contributed by atoms with E-state index in [2.05, 4.69) is 21.2 Å². The first-order chi connectivity index (χ1) is 9.58. The predicted octanol–water partition coefficient (Wildman–Crippen LogP) is 3.07. The van der Waals surface area contributed by atoms with Gasteiger partial charge < -0.3 is 5.73 Å². The monoisotopic (exact) mass is 332 g/mol. The third kappa shape index (κ3) is 3.68. The van der Waals surface area contributed by atoms with Crippen LogP contribution in [0.4, 0.5) is 0 Å².